The Morgan fingerprint density at radius 2 is 2.00 bits per heavy atom. The summed E-state index contributed by atoms with van der Waals surface area (Å²) < 4.78 is 16.6. The summed E-state index contributed by atoms with van der Waals surface area (Å²) in [5.41, 5.74) is 3.38. The maximum atomic E-state index is 9.98. The van der Waals surface area contributed by atoms with Crippen LogP contribution in [0.1, 0.15) is 30.0 Å². The minimum atomic E-state index is -0.637. The molecule has 35 heavy (non-hydrogen) atoms. The number of likely N-dealkylation sites (N-methyl/N-ethyl adjacent to an activating group) is 1. The number of hydrogen-bond acceptors (Lipinski definition) is 8. The lowest BCUT2D eigenvalue weighted by molar-refractivity contribution is 0.00117. The van der Waals surface area contributed by atoms with Gasteiger partial charge in [-0.1, -0.05) is 28.4 Å². The Kier molecular flexibility index (Phi) is 8.29. The molecule has 2 heterocycles. The van der Waals surface area contributed by atoms with E-state index in [1.807, 2.05) is 13.8 Å². The van der Waals surface area contributed by atoms with Crippen LogP contribution in [0.3, 0.4) is 0 Å². The normalized spacial score (nSPS) is 18.4. The fraction of sp³-hybridized carbons (Fsp3) is 0.480. The third kappa shape index (κ3) is 5.78. The number of hydrogen-bond donors (Lipinski definition) is 2. The van der Waals surface area contributed by atoms with Gasteiger partial charge in [0.05, 0.1) is 38.8 Å². The van der Waals surface area contributed by atoms with Crippen molar-refractivity contribution in [2.24, 2.45) is 5.92 Å². The van der Waals surface area contributed by atoms with Crippen LogP contribution in [0.25, 0.3) is 22.6 Å². The first kappa shape index (κ1) is 25.9. The number of nitrogens with one attached hydrogen (secondary N) is 1. The quantitative estimate of drug-likeness (QED) is 0.398. The summed E-state index contributed by atoms with van der Waals surface area (Å²) in [5, 5.41) is 17.9. The Labute approximate surface area is 215 Å². The zero-order chi connectivity index (χ0) is 25.1. The SMILES string of the molecule is CNC[C@@H](O)COc1ccc(Cl)c(-c2nc(CC3CC(OC)C3)c(Cl)c(-c3c(C)noc3C)n2)c1. The number of halogens is 2. The van der Waals surface area contributed by atoms with Crippen molar-refractivity contribution in [3.05, 3.63) is 45.4 Å². The largest absolute Gasteiger partial charge is 0.491 e. The Morgan fingerprint density at radius 3 is 2.66 bits per heavy atom. The molecule has 1 aliphatic rings. The topological polar surface area (TPSA) is 103 Å². The van der Waals surface area contributed by atoms with Crippen molar-refractivity contribution < 1.29 is 19.1 Å². The second-order valence-electron chi connectivity index (χ2n) is 8.92. The molecule has 2 N–H and O–H groups in total. The number of aryl methyl sites for hydroxylation is 2. The highest BCUT2D eigenvalue weighted by Crippen LogP contribution is 2.40. The number of aliphatic hydroxyl groups is 1. The minimum Gasteiger partial charge on any atom is -0.491 e. The van der Waals surface area contributed by atoms with E-state index in [9.17, 15) is 5.11 Å². The van der Waals surface area contributed by atoms with Crippen LogP contribution in [0.2, 0.25) is 10.0 Å². The highest BCUT2D eigenvalue weighted by Gasteiger charge is 2.31. The summed E-state index contributed by atoms with van der Waals surface area (Å²) in [6.45, 7) is 4.26. The van der Waals surface area contributed by atoms with Gasteiger partial charge in [0.2, 0.25) is 0 Å². The summed E-state index contributed by atoms with van der Waals surface area (Å²) in [7, 11) is 3.51. The molecule has 0 unspecified atom stereocenters. The van der Waals surface area contributed by atoms with Crippen LogP contribution >= 0.6 is 23.2 Å². The van der Waals surface area contributed by atoms with Gasteiger partial charge in [0.1, 0.15) is 24.2 Å². The molecule has 0 saturated heterocycles. The third-order valence-corrected chi connectivity index (χ3v) is 6.99. The van der Waals surface area contributed by atoms with E-state index in [1.165, 1.54) is 0 Å². The molecule has 3 aromatic rings. The monoisotopic (exact) mass is 520 g/mol. The molecule has 0 aliphatic heterocycles. The zero-order valence-corrected chi connectivity index (χ0v) is 21.8. The molecule has 2 aromatic heterocycles. The molecule has 0 spiro atoms. The van der Waals surface area contributed by atoms with Crippen molar-refractivity contribution in [1.29, 1.82) is 0 Å². The van der Waals surface area contributed by atoms with E-state index in [1.54, 1.807) is 32.4 Å². The van der Waals surface area contributed by atoms with Gasteiger partial charge in [0, 0.05) is 19.2 Å². The number of benzene rings is 1. The summed E-state index contributed by atoms with van der Waals surface area (Å²) in [6, 6.07) is 5.27. The van der Waals surface area contributed by atoms with Crippen LogP contribution in [0.15, 0.2) is 22.7 Å². The average molecular weight is 521 g/mol. The van der Waals surface area contributed by atoms with Crippen LogP contribution in [0.4, 0.5) is 0 Å². The summed E-state index contributed by atoms with van der Waals surface area (Å²) >= 11 is 13.4. The lowest BCUT2D eigenvalue weighted by Crippen LogP contribution is -2.32. The van der Waals surface area contributed by atoms with Crippen molar-refractivity contribution in [2.45, 2.75) is 45.3 Å². The Morgan fingerprint density at radius 1 is 1.23 bits per heavy atom. The first-order valence-electron chi connectivity index (χ1n) is 11.6. The summed E-state index contributed by atoms with van der Waals surface area (Å²) in [6.07, 6.45) is 2.28. The molecular weight excluding hydrogens is 491 g/mol. The smallest absolute Gasteiger partial charge is 0.161 e. The minimum absolute atomic E-state index is 0.140. The van der Waals surface area contributed by atoms with Gasteiger partial charge in [0.15, 0.2) is 5.82 Å². The van der Waals surface area contributed by atoms with Gasteiger partial charge in [-0.05, 0) is 64.3 Å². The van der Waals surface area contributed by atoms with E-state index in [0.717, 1.165) is 24.1 Å². The van der Waals surface area contributed by atoms with Crippen molar-refractivity contribution in [3.63, 3.8) is 0 Å². The van der Waals surface area contributed by atoms with Crippen molar-refractivity contribution >= 4 is 23.2 Å². The van der Waals surface area contributed by atoms with E-state index in [4.69, 9.17) is 47.2 Å². The number of aliphatic hydroxyl groups excluding tert-OH is 1. The summed E-state index contributed by atoms with van der Waals surface area (Å²) in [5.74, 6) is 2.05. The van der Waals surface area contributed by atoms with Crippen molar-refractivity contribution in [2.75, 3.05) is 27.3 Å². The molecular formula is C25H30Cl2N4O4. The Hall–Kier alpha value is -2.23. The highest BCUT2D eigenvalue weighted by atomic mass is 35.5. The molecule has 0 bridgehead atoms. The molecule has 1 saturated carbocycles. The number of methoxy groups -OCH3 is 1. The second-order valence-corrected chi connectivity index (χ2v) is 9.70. The third-order valence-electron chi connectivity index (χ3n) is 6.26. The van der Waals surface area contributed by atoms with Gasteiger partial charge >= 0.3 is 0 Å². The molecule has 0 amide bonds. The Balaban J connectivity index is 1.73. The number of nitrogens with zero attached hydrogens (tertiary/aromatic N) is 3. The molecule has 10 heteroatoms. The molecule has 1 fully saturated rings. The average Bonchev–Trinajstić information content (AvgIpc) is 3.14. The van der Waals surface area contributed by atoms with Crippen molar-refractivity contribution in [1.82, 2.24) is 20.4 Å². The lowest BCUT2D eigenvalue weighted by Gasteiger charge is -2.34. The maximum Gasteiger partial charge on any atom is 0.161 e. The predicted molar refractivity (Wildman–Crippen MR) is 135 cm³/mol. The van der Waals surface area contributed by atoms with Gasteiger partial charge in [-0.25, -0.2) is 9.97 Å². The van der Waals surface area contributed by atoms with Gasteiger partial charge in [-0.3, -0.25) is 0 Å². The fourth-order valence-corrected chi connectivity index (χ4v) is 4.75. The fourth-order valence-electron chi connectivity index (χ4n) is 4.30. The molecule has 1 aromatic carbocycles. The van der Waals surface area contributed by atoms with E-state index in [2.05, 4.69) is 10.5 Å². The molecule has 8 nitrogen and oxygen atoms in total. The first-order valence-corrected chi connectivity index (χ1v) is 12.3. The van der Waals surface area contributed by atoms with Crippen LogP contribution in [0, 0.1) is 19.8 Å². The molecule has 4 rings (SSSR count). The first-order chi connectivity index (χ1) is 16.8. The van der Waals surface area contributed by atoms with Gasteiger partial charge < -0.3 is 24.4 Å². The van der Waals surface area contributed by atoms with Crippen LogP contribution in [0.5, 0.6) is 5.75 Å². The zero-order valence-electron chi connectivity index (χ0n) is 20.3. The number of ether oxygens (including phenoxy) is 2. The van der Waals surface area contributed by atoms with Crippen LogP contribution in [-0.2, 0) is 11.2 Å². The predicted octanol–water partition coefficient (Wildman–Crippen LogP) is 4.65. The second kappa shape index (κ2) is 11.2. The van der Waals surface area contributed by atoms with Gasteiger partial charge in [0.25, 0.3) is 0 Å². The van der Waals surface area contributed by atoms with Gasteiger partial charge in [-0.15, -0.1) is 0 Å². The van der Waals surface area contributed by atoms with Crippen LogP contribution < -0.4 is 10.1 Å². The summed E-state index contributed by atoms with van der Waals surface area (Å²) in [4.78, 5) is 9.65. The van der Waals surface area contributed by atoms with Gasteiger partial charge in [-0.2, -0.15) is 0 Å². The lowest BCUT2D eigenvalue weighted by atomic mass is 9.79. The van der Waals surface area contributed by atoms with E-state index >= 15 is 0 Å². The Bertz CT molecular complexity index is 1160. The number of aromatic nitrogens is 3. The van der Waals surface area contributed by atoms with E-state index < -0.39 is 6.10 Å². The van der Waals surface area contributed by atoms with E-state index in [0.29, 0.717) is 63.2 Å². The van der Waals surface area contributed by atoms with E-state index in [-0.39, 0.29) is 12.7 Å². The molecule has 188 valence electrons. The van der Waals surface area contributed by atoms with Crippen molar-refractivity contribution in [3.8, 4) is 28.4 Å². The maximum absolute atomic E-state index is 9.98. The highest BCUT2D eigenvalue weighted by molar-refractivity contribution is 6.34. The number of rotatable bonds is 10. The molecule has 1 atom stereocenters. The molecule has 1 aliphatic carbocycles. The van der Waals surface area contributed by atoms with Crippen LogP contribution in [-0.4, -0.2) is 59.7 Å². The molecule has 0 radical (unpaired) electrons. The standard InChI is InChI=1S/C25H30Cl2N4O4/c1-13-22(14(2)35-31-13)24-23(27)21(9-15-7-18(8-15)33-4)29-25(30-24)19-10-17(5-6-20(19)26)34-12-16(32)11-28-3/h5-6,10,15-16,18,28,32H,7-9,11-12H2,1-4H3/t15?,16-,18?/m1/s1.